The maximum absolute atomic E-state index is 12.1. The summed E-state index contributed by atoms with van der Waals surface area (Å²) in [4.78, 5) is 23.3. The summed E-state index contributed by atoms with van der Waals surface area (Å²) in [6.07, 6.45) is 1.00. The molecule has 0 aromatic heterocycles. The first-order valence-electron chi connectivity index (χ1n) is 7.88. The molecule has 2 aromatic rings. The Hall–Kier alpha value is -2.62. The largest absolute Gasteiger partial charge is 0.348 e. The molecule has 118 valence electrons. The molecule has 1 aliphatic heterocycles. The van der Waals surface area contributed by atoms with Crippen LogP contribution >= 0.6 is 0 Å². The van der Waals surface area contributed by atoms with Crippen LogP contribution < -0.4 is 10.6 Å². The van der Waals surface area contributed by atoms with E-state index in [0.29, 0.717) is 12.8 Å². The van der Waals surface area contributed by atoms with Crippen molar-refractivity contribution in [2.75, 3.05) is 0 Å². The molecule has 4 nitrogen and oxygen atoms in total. The Labute approximate surface area is 135 Å². The Kier molecular flexibility index (Phi) is 4.42. The highest BCUT2D eigenvalue weighted by atomic mass is 16.2. The van der Waals surface area contributed by atoms with E-state index in [-0.39, 0.29) is 17.9 Å². The SMILES string of the molecule is C[C@H](NC(=O)[C@@H]1CCC(=O)N1)c1ccc(-c2ccccc2)cc1. The van der Waals surface area contributed by atoms with E-state index in [2.05, 4.69) is 34.9 Å². The first-order valence-corrected chi connectivity index (χ1v) is 7.88. The quantitative estimate of drug-likeness (QED) is 0.912. The van der Waals surface area contributed by atoms with Gasteiger partial charge in [-0.15, -0.1) is 0 Å². The van der Waals surface area contributed by atoms with E-state index in [4.69, 9.17) is 0 Å². The maximum Gasteiger partial charge on any atom is 0.243 e. The second kappa shape index (κ2) is 6.65. The molecule has 2 atom stereocenters. The van der Waals surface area contributed by atoms with Crippen LogP contribution in [-0.2, 0) is 9.59 Å². The summed E-state index contributed by atoms with van der Waals surface area (Å²) in [7, 11) is 0. The van der Waals surface area contributed by atoms with E-state index in [9.17, 15) is 9.59 Å². The van der Waals surface area contributed by atoms with Gasteiger partial charge in [-0.1, -0.05) is 54.6 Å². The molecule has 2 amide bonds. The molecule has 1 fully saturated rings. The summed E-state index contributed by atoms with van der Waals surface area (Å²) in [5, 5.41) is 5.65. The van der Waals surface area contributed by atoms with Crippen LogP contribution in [0.25, 0.3) is 11.1 Å². The van der Waals surface area contributed by atoms with Gasteiger partial charge in [0.2, 0.25) is 11.8 Å². The lowest BCUT2D eigenvalue weighted by atomic mass is 10.0. The van der Waals surface area contributed by atoms with Gasteiger partial charge in [-0.05, 0) is 30.0 Å². The molecule has 1 saturated heterocycles. The van der Waals surface area contributed by atoms with Crippen molar-refractivity contribution in [2.24, 2.45) is 0 Å². The summed E-state index contributed by atoms with van der Waals surface area (Å²) in [6, 6.07) is 17.9. The first-order chi connectivity index (χ1) is 11.1. The van der Waals surface area contributed by atoms with E-state index in [1.165, 1.54) is 5.56 Å². The average Bonchev–Trinajstić information content (AvgIpc) is 3.02. The van der Waals surface area contributed by atoms with Gasteiger partial charge >= 0.3 is 0 Å². The maximum atomic E-state index is 12.1. The molecule has 1 aliphatic rings. The van der Waals surface area contributed by atoms with E-state index in [1.807, 2.05) is 37.3 Å². The summed E-state index contributed by atoms with van der Waals surface area (Å²) in [5.74, 6) is -0.166. The molecule has 0 saturated carbocycles. The van der Waals surface area contributed by atoms with Crippen molar-refractivity contribution in [2.45, 2.75) is 31.8 Å². The fourth-order valence-corrected chi connectivity index (χ4v) is 2.80. The van der Waals surface area contributed by atoms with Crippen molar-refractivity contribution in [3.05, 3.63) is 60.2 Å². The van der Waals surface area contributed by atoms with Crippen molar-refractivity contribution in [3.63, 3.8) is 0 Å². The molecule has 0 unspecified atom stereocenters. The van der Waals surface area contributed by atoms with Gasteiger partial charge < -0.3 is 10.6 Å². The molecule has 1 heterocycles. The molecular weight excluding hydrogens is 288 g/mol. The monoisotopic (exact) mass is 308 g/mol. The van der Waals surface area contributed by atoms with Crippen LogP contribution in [0, 0.1) is 0 Å². The normalized spacial score (nSPS) is 18.3. The molecule has 0 bridgehead atoms. The third-order valence-corrected chi connectivity index (χ3v) is 4.19. The van der Waals surface area contributed by atoms with Crippen LogP contribution in [0.3, 0.4) is 0 Å². The van der Waals surface area contributed by atoms with Crippen LogP contribution in [0.2, 0.25) is 0 Å². The Balaban J connectivity index is 1.65. The number of nitrogens with one attached hydrogen (secondary N) is 2. The van der Waals surface area contributed by atoms with Crippen molar-refractivity contribution in [3.8, 4) is 11.1 Å². The van der Waals surface area contributed by atoms with Crippen LogP contribution in [-0.4, -0.2) is 17.9 Å². The van der Waals surface area contributed by atoms with Gasteiger partial charge in [-0.2, -0.15) is 0 Å². The fraction of sp³-hybridized carbons (Fsp3) is 0.263. The average molecular weight is 308 g/mol. The summed E-state index contributed by atoms with van der Waals surface area (Å²) >= 11 is 0. The van der Waals surface area contributed by atoms with Crippen molar-refractivity contribution in [1.82, 2.24) is 10.6 Å². The Morgan fingerprint density at radius 1 is 1.09 bits per heavy atom. The standard InChI is InChI=1S/C19H20N2O2/c1-13(20-19(23)17-11-12-18(22)21-17)14-7-9-16(10-8-14)15-5-3-2-4-6-15/h2-10,13,17H,11-12H2,1H3,(H,20,23)(H,21,22)/t13-,17-/m0/s1. The second-order valence-electron chi connectivity index (χ2n) is 5.88. The smallest absolute Gasteiger partial charge is 0.243 e. The number of hydrogen-bond acceptors (Lipinski definition) is 2. The van der Waals surface area contributed by atoms with E-state index in [0.717, 1.165) is 11.1 Å². The summed E-state index contributed by atoms with van der Waals surface area (Å²) in [5.41, 5.74) is 3.36. The van der Waals surface area contributed by atoms with Gasteiger partial charge in [-0.25, -0.2) is 0 Å². The van der Waals surface area contributed by atoms with Gasteiger partial charge in [0.15, 0.2) is 0 Å². The molecule has 2 aromatic carbocycles. The number of rotatable bonds is 4. The third kappa shape index (κ3) is 3.59. The van der Waals surface area contributed by atoms with E-state index >= 15 is 0 Å². The van der Waals surface area contributed by atoms with Crippen LogP contribution in [0.15, 0.2) is 54.6 Å². The second-order valence-corrected chi connectivity index (χ2v) is 5.88. The van der Waals surface area contributed by atoms with E-state index < -0.39 is 6.04 Å². The molecule has 4 heteroatoms. The Morgan fingerprint density at radius 2 is 1.74 bits per heavy atom. The van der Waals surface area contributed by atoms with Gasteiger partial charge in [0, 0.05) is 6.42 Å². The van der Waals surface area contributed by atoms with Gasteiger partial charge in [0.1, 0.15) is 6.04 Å². The van der Waals surface area contributed by atoms with Crippen molar-refractivity contribution >= 4 is 11.8 Å². The zero-order valence-corrected chi connectivity index (χ0v) is 13.1. The molecular formula is C19H20N2O2. The number of carbonyl (C=O) groups is 2. The molecule has 2 N–H and O–H groups in total. The highest BCUT2D eigenvalue weighted by Crippen LogP contribution is 2.22. The summed E-state index contributed by atoms with van der Waals surface area (Å²) < 4.78 is 0. The number of carbonyl (C=O) groups excluding carboxylic acids is 2. The Bertz CT molecular complexity index is 695. The molecule has 0 radical (unpaired) electrons. The van der Waals surface area contributed by atoms with Crippen LogP contribution in [0.4, 0.5) is 0 Å². The zero-order chi connectivity index (χ0) is 16.2. The number of hydrogen-bond donors (Lipinski definition) is 2. The summed E-state index contributed by atoms with van der Waals surface area (Å²) in [6.45, 7) is 1.95. The predicted octanol–water partition coefficient (Wildman–Crippen LogP) is 2.81. The minimum absolute atomic E-state index is 0.0509. The molecule has 23 heavy (non-hydrogen) atoms. The third-order valence-electron chi connectivity index (χ3n) is 4.19. The van der Waals surface area contributed by atoms with Gasteiger partial charge in [0.25, 0.3) is 0 Å². The van der Waals surface area contributed by atoms with Crippen LogP contribution in [0.5, 0.6) is 0 Å². The highest BCUT2D eigenvalue weighted by Gasteiger charge is 2.27. The molecule has 0 aliphatic carbocycles. The molecule has 3 rings (SSSR count). The minimum Gasteiger partial charge on any atom is -0.348 e. The molecule has 0 spiro atoms. The van der Waals surface area contributed by atoms with Crippen molar-refractivity contribution < 1.29 is 9.59 Å². The van der Waals surface area contributed by atoms with Crippen LogP contribution in [0.1, 0.15) is 31.4 Å². The van der Waals surface area contributed by atoms with E-state index in [1.54, 1.807) is 0 Å². The Morgan fingerprint density at radius 3 is 2.35 bits per heavy atom. The lowest BCUT2D eigenvalue weighted by molar-refractivity contribution is -0.126. The number of benzene rings is 2. The minimum atomic E-state index is -0.395. The van der Waals surface area contributed by atoms with Crippen molar-refractivity contribution in [1.29, 1.82) is 0 Å². The lowest BCUT2D eigenvalue weighted by Gasteiger charge is -2.18. The fourth-order valence-electron chi connectivity index (χ4n) is 2.80. The predicted molar refractivity (Wildman–Crippen MR) is 89.6 cm³/mol. The number of amides is 2. The zero-order valence-electron chi connectivity index (χ0n) is 13.1. The van der Waals surface area contributed by atoms with Gasteiger partial charge in [0.05, 0.1) is 6.04 Å². The topological polar surface area (TPSA) is 58.2 Å². The first kappa shape index (κ1) is 15.3. The highest BCUT2D eigenvalue weighted by molar-refractivity contribution is 5.90. The lowest BCUT2D eigenvalue weighted by Crippen LogP contribution is -2.42. The van der Waals surface area contributed by atoms with Gasteiger partial charge in [-0.3, -0.25) is 9.59 Å².